The topological polar surface area (TPSA) is 54.7 Å². The van der Waals surface area contributed by atoms with E-state index in [-0.39, 0.29) is 24.2 Å². The zero-order valence-electron chi connectivity index (χ0n) is 11.3. The van der Waals surface area contributed by atoms with Crippen molar-refractivity contribution in [3.05, 3.63) is 24.0 Å². The molecule has 2 aliphatic heterocycles. The van der Waals surface area contributed by atoms with Crippen molar-refractivity contribution in [3.63, 3.8) is 0 Å². The first-order valence-corrected chi connectivity index (χ1v) is 6.80. The molecule has 104 valence electrons. The lowest BCUT2D eigenvalue weighted by atomic mass is 10.00. The van der Waals surface area contributed by atoms with Crippen LogP contribution in [0.1, 0.15) is 29.8 Å². The predicted molar refractivity (Wildman–Crippen MR) is 69.8 cm³/mol. The molecule has 2 bridgehead atoms. The number of aliphatic hydroxyl groups excluding tert-OH is 1. The summed E-state index contributed by atoms with van der Waals surface area (Å²) in [6.07, 6.45) is 3.84. The number of fused-ring (bicyclic) bond motifs is 2. The number of hydrogen-bond donors (Lipinski definition) is 1. The van der Waals surface area contributed by atoms with Crippen molar-refractivity contribution in [1.82, 2.24) is 9.47 Å². The van der Waals surface area contributed by atoms with E-state index < -0.39 is 0 Å². The van der Waals surface area contributed by atoms with Crippen LogP contribution in [0.3, 0.4) is 0 Å². The minimum absolute atomic E-state index is 0.0528. The maximum atomic E-state index is 12.1. The van der Waals surface area contributed by atoms with Gasteiger partial charge in [-0.15, -0.1) is 0 Å². The number of carbonyl (C=O) groups excluding carboxylic acids is 1. The predicted octanol–water partition coefficient (Wildman–Crippen LogP) is 0.778. The molecule has 0 aromatic carbocycles. The number of hydrogen-bond acceptors (Lipinski definition) is 4. The van der Waals surface area contributed by atoms with Gasteiger partial charge >= 0.3 is 5.97 Å². The van der Waals surface area contributed by atoms with E-state index in [1.165, 1.54) is 0 Å². The highest BCUT2D eigenvalue weighted by Gasteiger charge is 2.47. The SMILES string of the molecule is CN1[C@H]2CC[C@H](OC(=O)c3cccn3C)[C@@H]1[C@H](O)C2. The van der Waals surface area contributed by atoms with Gasteiger partial charge in [0.25, 0.3) is 0 Å². The lowest BCUT2D eigenvalue weighted by Gasteiger charge is -2.37. The van der Waals surface area contributed by atoms with E-state index >= 15 is 0 Å². The number of aryl methyl sites for hydroxylation is 1. The van der Waals surface area contributed by atoms with Gasteiger partial charge in [0.2, 0.25) is 0 Å². The molecule has 1 aromatic heterocycles. The Labute approximate surface area is 112 Å². The van der Waals surface area contributed by atoms with Crippen LogP contribution in [0.15, 0.2) is 18.3 Å². The largest absolute Gasteiger partial charge is 0.456 e. The number of likely N-dealkylation sites (N-methyl/N-ethyl adjacent to an activating group) is 1. The minimum atomic E-state index is -0.385. The maximum absolute atomic E-state index is 12.1. The summed E-state index contributed by atoms with van der Waals surface area (Å²) in [7, 11) is 3.83. The van der Waals surface area contributed by atoms with Crippen molar-refractivity contribution in [1.29, 1.82) is 0 Å². The molecule has 0 aliphatic carbocycles. The van der Waals surface area contributed by atoms with Gasteiger partial charge in [-0.25, -0.2) is 4.79 Å². The lowest BCUT2D eigenvalue weighted by molar-refractivity contribution is -0.0331. The molecular weight excluding hydrogens is 244 g/mol. The van der Waals surface area contributed by atoms with Gasteiger partial charge in [0.1, 0.15) is 11.8 Å². The van der Waals surface area contributed by atoms with E-state index in [1.54, 1.807) is 10.6 Å². The first kappa shape index (κ1) is 12.7. The van der Waals surface area contributed by atoms with Gasteiger partial charge in [-0.1, -0.05) is 0 Å². The molecule has 19 heavy (non-hydrogen) atoms. The van der Waals surface area contributed by atoms with Crippen molar-refractivity contribution >= 4 is 5.97 Å². The Balaban J connectivity index is 1.73. The summed E-state index contributed by atoms with van der Waals surface area (Å²) in [6, 6.07) is 3.96. The smallest absolute Gasteiger partial charge is 0.355 e. The van der Waals surface area contributed by atoms with Crippen molar-refractivity contribution in [2.24, 2.45) is 7.05 Å². The van der Waals surface area contributed by atoms with Gasteiger partial charge in [-0.05, 0) is 38.4 Å². The third kappa shape index (κ3) is 2.07. The van der Waals surface area contributed by atoms with Gasteiger partial charge in [0.05, 0.1) is 12.1 Å². The van der Waals surface area contributed by atoms with Crippen LogP contribution in [-0.2, 0) is 11.8 Å². The fourth-order valence-electron chi connectivity index (χ4n) is 3.46. The third-order valence-electron chi connectivity index (χ3n) is 4.53. The van der Waals surface area contributed by atoms with Crippen LogP contribution in [-0.4, -0.2) is 51.9 Å². The fourth-order valence-corrected chi connectivity index (χ4v) is 3.46. The van der Waals surface area contributed by atoms with E-state index in [0.29, 0.717) is 11.7 Å². The van der Waals surface area contributed by atoms with Gasteiger partial charge in [0.15, 0.2) is 0 Å². The molecule has 0 saturated carbocycles. The van der Waals surface area contributed by atoms with E-state index in [2.05, 4.69) is 4.90 Å². The molecule has 5 nitrogen and oxygen atoms in total. The standard InChI is InChI=1S/C14H20N2O3/c1-15-7-3-4-10(15)14(18)19-12-6-5-9-8-11(17)13(12)16(9)2/h3-4,7,9,11-13,17H,5-6,8H2,1-2H3/t9-,11+,12-,13-/m0/s1. The Morgan fingerprint density at radius 2 is 2.21 bits per heavy atom. The molecule has 2 fully saturated rings. The fraction of sp³-hybridized carbons (Fsp3) is 0.643. The molecule has 3 heterocycles. The van der Waals surface area contributed by atoms with Crippen LogP contribution < -0.4 is 0 Å². The molecular formula is C14H20N2O3. The monoisotopic (exact) mass is 264 g/mol. The Hall–Kier alpha value is -1.33. The van der Waals surface area contributed by atoms with Crippen molar-refractivity contribution < 1.29 is 14.6 Å². The molecule has 0 spiro atoms. The summed E-state index contributed by atoms with van der Waals surface area (Å²) < 4.78 is 7.38. The van der Waals surface area contributed by atoms with E-state index in [4.69, 9.17) is 4.74 Å². The molecule has 3 rings (SSSR count). The molecule has 5 heteroatoms. The third-order valence-corrected chi connectivity index (χ3v) is 4.53. The molecule has 1 aromatic rings. The zero-order valence-corrected chi connectivity index (χ0v) is 11.3. The summed E-state index contributed by atoms with van der Waals surface area (Å²) in [5, 5.41) is 10.1. The number of aliphatic hydroxyl groups is 1. The average Bonchev–Trinajstić information content (AvgIpc) is 2.84. The van der Waals surface area contributed by atoms with Gasteiger partial charge < -0.3 is 14.4 Å². The minimum Gasteiger partial charge on any atom is -0.456 e. The lowest BCUT2D eigenvalue weighted by Crippen LogP contribution is -2.50. The maximum Gasteiger partial charge on any atom is 0.355 e. The number of aromatic nitrogens is 1. The van der Waals surface area contributed by atoms with Crippen LogP contribution in [0.25, 0.3) is 0 Å². The van der Waals surface area contributed by atoms with Crippen LogP contribution in [0.2, 0.25) is 0 Å². The first-order chi connectivity index (χ1) is 9.08. The van der Waals surface area contributed by atoms with Crippen molar-refractivity contribution in [2.75, 3.05) is 7.05 Å². The highest BCUT2D eigenvalue weighted by Crippen LogP contribution is 2.36. The second kappa shape index (κ2) is 4.65. The summed E-state index contributed by atoms with van der Waals surface area (Å²) in [6.45, 7) is 0. The number of ether oxygens (including phenoxy) is 1. The summed E-state index contributed by atoms with van der Waals surface area (Å²) in [5.41, 5.74) is 0.553. The van der Waals surface area contributed by atoms with Gasteiger partial charge in [0, 0.05) is 19.3 Å². The van der Waals surface area contributed by atoms with Crippen LogP contribution in [0, 0.1) is 0 Å². The number of piperidine rings is 1. The van der Waals surface area contributed by atoms with Crippen molar-refractivity contribution in [3.8, 4) is 0 Å². The molecule has 2 saturated heterocycles. The van der Waals surface area contributed by atoms with E-state index in [0.717, 1.165) is 19.3 Å². The second-order valence-corrected chi connectivity index (χ2v) is 5.64. The summed E-state index contributed by atoms with van der Waals surface area (Å²) >= 11 is 0. The average molecular weight is 264 g/mol. The molecule has 0 radical (unpaired) electrons. The van der Waals surface area contributed by atoms with E-state index in [9.17, 15) is 9.90 Å². The quantitative estimate of drug-likeness (QED) is 0.802. The van der Waals surface area contributed by atoms with Crippen molar-refractivity contribution in [2.45, 2.75) is 43.6 Å². The Bertz CT molecular complexity index is 485. The van der Waals surface area contributed by atoms with Crippen LogP contribution in [0.5, 0.6) is 0 Å². The zero-order chi connectivity index (χ0) is 13.6. The Morgan fingerprint density at radius 3 is 2.89 bits per heavy atom. The molecule has 2 aliphatic rings. The number of esters is 1. The number of carbonyl (C=O) groups is 1. The number of rotatable bonds is 2. The Kier molecular flexibility index (Phi) is 3.11. The Morgan fingerprint density at radius 1 is 1.42 bits per heavy atom. The molecule has 0 amide bonds. The van der Waals surface area contributed by atoms with Crippen LogP contribution in [0.4, 0.5) is 0 Å². The highest BCUT2D eigenvalue weighted by molar-refractivity contribution is 5.87. The van der Waals surface area contributed by atoms with E-state index in [1.807, 2.05) is 26.4 Å². The van der Waals surface area contributed by atoms with Crippen LogP contribution >= 0.6 is 0 Å². The molecule has 0 unspecified atom stereocenters. The second-order valence-electron chi connectivity index (χ2n) is 5.64. The summed E-state index contributed by atoms with van der Waals surface area (Å²) in [5.74, 6) is -0.302. The first-order valence-electron chi connectivity index (χ1n) is 6.80. The summed E-state index contributed by atoms with van der Waals surface area (Å²) in [4.78, 5) is 14.3. The number of nitrogens with zero attached hydrogens (tertiary/aromatic N) is 2. The normalized spacial score (nSPS) is 34.5. The highest BCUT2D eigenvalue weighted by atomic mass is 16.5. The molecule has 1 N–H and O–H groups in total. The van der Waals surface area contributed by atoms with Gasteiger partial charge in [-0.3, -0.25) is 4.90 Å². The van der Waals surface area contributed by atoms with Gasteiger partial charge in [-0.2, -0.15) is 0 Å². The molecule has 4 atom stereocenters.